The summed E-state index contributed by atoms with van der Waals surface area (Å²) in [5.41, 5.74) is 1.71. The van der Waals surface area contributed by atoms with Crippen LogP contribution in [-0.2, 0) is 22.7 Å². The van der Waals surface area contributed by atoms with Gasteiger partial charge in [-0.15, -0.1) is 0 Å². The van der Waals surface area contributed by atoms with Gasteiger partial charge in [-0.2, -0.15) is 0 Å². The molecule has 0 spiro atoms. The Morgan fingerprint density at radius 2 is 1.88 bits per heavy atom. The average molecular weight is 434 g/mol. The largest absolute Gasteiger partial charge is 0.484 e. The minimum Gasteiger partial charge on any atom is -0.484 e. The normalized spacial score (nSPS) is 15.4. The molecule has 3 aromatic rings. The predicted octanol–water partition coefficient (Wildman–Crippen LogP) is 4.15. The molecule has 0 aliphatic carbocycles. The summed E-state index contributed by atoms with van der Waals surface area (Å²) in [6.45, 7) is 1.89. The molecule has 6 nitrogen and oxygen atoms in total. The van der Waals surface area contributed by atoms with Crippen LogP contribution in [0.3, 0.4) is 0 Å². The minimum atomic E-state index is -0.706. The van der Waals surface area contributed by atoms with E-state index in [0.29, 0.717) is 22.7 Å². The fourth-order valence-corrected chi connectivity index (χ4v) is 3.51. The number of carbonyl (C=O) groups is 2. The van der Waals surface area contributed by atoms with E-state index in [-0.39, 0.29) is 37.3 Å². The first-order valence-corrected chi connectivity index (χ1v) is 10.3. The Morgan fingerprint density at radius 1 is 1.12 bits per heavy atom. The molecule has 2 amide bonds. The van der Waals surface area contributed by atoms with Gasteiger partial charge in [-0.25, -0.2) is 4.39 Å². The molecule has 3 aromatic carbocycles. The number of para-hydroxylation sites is 1. The number of fused-ring (bicyclic) bond motifs is 1. The van der Waals surface area contributed by atoms with Crippen molar-refractivity contribution in [3.63, 3.8) is 0 Å². The number of nitrogens with one attached hydrogen (secondary N) is 1. The summed E-state index contributed by atoms with van der Waals surface area (Å²) in [6.07, 6.45) is -0.706. The average Bonchev–Trinajstić information content (AvgIpc) is 2.91. The van der Waals surface area contributed by atoms with Crippen LogP contribution in [-0.4, -0.2) is 29.4 Å². The maximum Gasteiger partial charge on any atom is 0.263 e. The molecule has 0 unspecified atom stereocenters. The lowest BCUT2D eigenvalue weighted by atomic mass is 10.1. The van der Waals surface area contributed by atoms with E-state index in [1.165, 1.54) is 6.07 Å². The molecule has 1 atom stereocenters. The molecule has 0 saturated carbocycles. The smallest absolute Gasteiger partial charge is 0.263 e. The lowest BCUT2D eigenvalue weighted by molar-refractivity contribution is -0.138. The second kappa shape index (κ2) is 9.51. The van der Waals surface area contributed by atoms with Gasteiger partial charge >= 0.3 is 0 Å². The highest BCUT2D eigenvalue weighted by Crippen LogP contribution is 2.29. The number of amides is 2. The molecule has 0 aromatic heterocycles. The number of halogens is 1. The Kier molecular flexibility index (Phi) is 6.35. The Labute approximate surface area is 185 Å². The molecule has 0 fully saturated rings. The third-order valence-corrected chi connectivity index (χ3v) is 5.10. The second-order valence-corrected chi connectivity index (χ2v) is 7.52. The van der Waals surface area contributed by atoms with Crippen molar-refractivity contribution in [2.75, 3.05) is 11.9 Å². The molecule has 0 bridgehead atoms. The van der Waals surface area contributed by atoms with Crippen LogP contribution >= 0.6 is 0 Å². The van der Waals surface area contributed by atoms with Crippen LogP contribution in [0, 0.1) is 5.82 Å². The first kappa shape index (κ1) is 21.4. The van der Waals surface area contributed by atoms with Gasteiger partial charge in [0.05, 0.1) is 0 Å². The van der Waals surface area contributed by atoms with E-state index in [1.807, 2.05) is 18.2 Å². The van der Waals surface area contributed by atoms with Gasteiger partial charge in [-0.3, -0.25) is 9.59 Å². The Hall–Kier alpha value is -3.87. The van der Waals surface area contributed by atoms with Crippen LogP contribution in [0.2, 0.25) is 0 Å². The van der Waals surface area contributed by atoms with Gasteiger partial charge in [0.25, 0.3) is 11.8 Å². The van der Waals surface area contributed by atoms with Gasteiger partial charge < -0.3 is 19.7 Å². The predicted molar refractivity (Wildman–Crippen MR) is 118 cm³/mol. The van der Waals surface area contributed by atoms with Crippen LogP contribution in [0.25, 0.3) is 0 Å². The number of benzene rings is 3. The third kappa shape index (κ3) is 5.06. The summed E-state index contributed by atoms with van der Waals surface area (Å²) in [6, 6.07) is 20.6. The van der Waals surface area contributed by atoms with Crippen molar-refractivity contribution in [2.24, 2.45) is 0 Å². The van der Waals surface area contributed by atoms with Crippen LogP contribution in [0.5, 0.6) is 11.5 Å². The van der Waals surface area contributed by atoms with E-state index in [4.69, 9.17) is 9.47 Å². The fraction of sp³-hybridized carbons (Fsp3) is 0.200. The number of anilines is 1. The summed E-state index contributed by atoms with van der Waals surface area (Å²) < 4.78 is 25.4. The van der Waals surface area contributed by atoms with Crippen LogP contribution in [0.1, 0.15) is 18.1 Å². The number of hydrogen-bond donors (Lipinski definition) is 1. The molecule has 1 aliphatic heterocycles. The van der Waals surface area contributed by atoms with E-state index in [1.54, 1.807) is 60.4 Å². The van der Waals surface area contributed by atoms with Gasteiger partial charge in [0, 0.05) is 29.9 Å². The zero-order valence-electron chi connectivity index (χ0n) is 17.6. The lowest BCUT2D eigenvalue weighted by Crippen LogP contribution is -2.37. The van der Waals surface area contributed by atoms with E-state index in [9.17, 15) is 14.0 Å². The van der Waals surface area contributed by atoms with Crippen molar-refractivity contribution < 1.29 is 23.5 Å². The Balaban J connectivity index is 1.47. The van der Waals surface area contributed by atoms with E-state index < -0.39 is 6.10 Å². The summed E-state index contributed by atoms with van der Waals surface area (Å²) in [7, 11) is 0. The molecule has 1 N–H and O–H groups in total. The van der Waals surface area contributed by atoms with Gasteiger partial charge in [-0.1, -0.05) is 36.4 Å². The SMILES string of the molecule is C[C@@H]1Oc2ccc(NC(=O)COc3ccccc3)cc2CN(Cc2ccccc2F)C1=O. The van der Waals surface area contributed by atoms with Crippen LogP contribution in [0.4, 0.5) is 10.1 Å². The molecular weight excluding hydrogens is 411 g/mol. The van der Waals surface area contributed by atoms with Crippen LogP contribution < -0.4 is 14.8 Å². The van der Waals surface area contributed by atoms with E-state index in [2.05, 4.69) is 5.32 Å². The zero-order chi connectivity index (χ0) is 22.5. The lowest BCUT2D eigenvalue weighted by Gasteiger charge is -2.22. The van der Waals surface area contributed by atoms with Gasteiger partial charge in [-0.05, 0) is 43.3 Å². The molecule has 4 rings (SSSR count). The van der Waals surface area contributed by atoms with Gasteiger partial charge in [0.1, 0.15) is 17.3 Å². The molecular formula is C25H23FN2O4. The molecule has 0 radical (unpaired) electrons. The molecule has 1 aliphatic rings. The topological polar surface area (TPSA) is 67.9 Å². The second-order valence-electron chi connectivity index (χ2n) is 7.52. The van der Waals surface area contributed by atoms with Crippen molar-refractivity contribution in [2.45, 2.75) is 26.1 Å². The molecule has 7 heteroatoms. The van der Waals surface area contributed by atoms with E-state index >= 15 is 0 Å². The Bertz CT molecular complexity index is 1120. The Morgan fingerprint density at radius 3 is 2.66 bits per heavy atom. The summed E-state index contributed by atoms with van der Waals surface area (Å²) in [5.74, 6) is 0.259. The molecule has 32 heavy (non-hydrogen) atoms. The number of rotatable bonds is 6. The highest BCUT2D eigenvalue weighted by molar-refractivity contribution is 5.92. The molecule has 0 saturated heterocycles. The van der Waals surface area contributed by atoms with Crippen molar-refractivity contribution >= 4 is 17.5 Å². The highest BCUT2D eigenvalue weighted by atomic mass is 19.1. The summed E-state index contributed by atoms with van der Waals surface area (Å²) in [4.78, 5) is 26.7. The number of carbonyl (C=O) groups excluding carboxylic acids is 2. The quantitative estimate of drug-likeness (QED) is 0.633. The first-order chi connectivity index (χ1) is 15.5. The zero-order valence-corrected chi connectivity index (χ0v) is 17.6. The monoisotopic (exact) mass is 434 g/mol. The van der Waals surface area contributed by atoms with Gasteiger partial charge in [0.2, 0.25) is 0 Å². The molecule has 164 valence electrons. The van der Waals surface area contributed by atoms with Crippen molar-refractivity contribution in [3.05, 3.63) is 89.7 Å². The van der Waals surface area contributed by atoms with Crippen LogP contribution in [0.15, 0.2) is 72.8 Å². The highest BCUT2D eigenvalue weighted by Gasteiger charge is 2.28. The summed E-state index contributed by atoms with van der Waals surface area (Å²) >= 11 is 0. The number of hydrogen-bond acceptors (Lipinski definition) is 4. The molecule has 1 heterocycles. The standard InChI is InChI=1S/C25H23FN2O4/c1-17-25(30)28(14-18-7-5-6-10-22(18)26)15-19-13-20(11-12-23(19)32-17)27-24(29)16-31-21-8-3-2-4-9-21/h2-13,17H,14-16H2,1H3,(H,27,29)/t17-/m0/s1. The summed E-state index contributed by atoms with van der Waals surface area (Å²) in [5, 5.41) is 2.80. The number of ether oxygens (including phenoxy) is 2. The van der Waals surface area contributed by atoms with Crippen molar-refractivity contribution in [3.8, 4) is 11.5 Å². The fourth-order valence-electron chi connectivity index (χ4n) is 3.51. The maximum atomic E-state index is 14.1. The minimum absolute atomic E-state index is 0.125. The first-order valence-electron chi connectivity index (χ1n) is 10.3. The third-order valence-electron chi connectivity index (χ3n) is 5.10. The van der Waals surface area contributed by atoms with E-state index in [0.717, 1.165) is 5.56 Å². The van der Waals surface area contributed by atoms with Gasteiger partial charge in [0.15, 0.2) is 12.7 Å². The van der Waals surface area contributed by atoms with Crippen molar-refractivity contribution in [1.29, 1.82) is 0 Å². The maximum absolute atomic E-state index is 14.1. The number of nitrogens with zero attached hydrogens (tertiary/aromatic N) is 1. The van der Waals surface area contributed by atoms with Crippen molar-refractivity contribution in [1.82, 2.24) is 4.90 Å².